The van der Waals surface area contributed by atoms with Crippen molar-refractivity contribution in [1.29, 1.82) is 0 Å². The molecule has 0 aliphatic heterocycles. The van der Waals surface area contributed by atoms with E-state index in [1.807, 2.05) is 13.8 Å². The molecule has 0 spiro atoms. The molecule has 0 saturated carbocycles. The van der Waals surface area contributed by atoms with Gasteiger partial charge in [-0.25, -0.2) is 0 Å². The second-order valence-corrected chi connectivity index (χ2v) is 3.76. The minimum atomic E-state index is -0.100. The van der Waals surface area contributed by atoms with Crippen molar-refractivity contribution in [1.82, 2.24) is 15.5 Å². The Hall–Kier alpha value is -1.89. The molecule has 1 rings (SSSR count). The van der Waals surface area contributed by atoms with Crippen LogP contribution in [-0.4, -0.2) is 22.6 Å². The molecule has 0 aliphatic carbocycles. The van der Waals surface area contributed by atoms with Crippen LogP contribution in [0.3, 0.4) is 0 Å². The summed E-state index contributed by atoms with van der Waals surface area (Å²) in [5.41, 5.74) is 2.08. The van der Waals surface area contributed by atoms with E-state index in [1.165, 1.54) is 0 Å². The van der Waals surface area contributed by atoms with Crippen LogP contribution < -0.4 is 5.32 Å². The van der Waals surface area contributed by atoms with Crippen molar-refractivity contribution in [3.8, 4) is 12.3 Å². The van der Waals surface area contributed by atoms with Gasteiger partial charge in [0.05, 0.1) is 17.0 Å². The van der Waals surface area contributed by atoms with Gasteiger partial charge in [-0.05, 0) is 25.8 Å². The molecule has 0 fully saturated rings. The number of terminal acetylenes is 1. The number of carbonyl (C=O) groups is 1. The number of carbonyl (C=O) groups excluding carboxylic acids is 1. The fourth-order valence-corrected chi connectivity index (χ4v) is 1.46. The van der Waals surface area contributed by atoms with Crippen LogP contribution in [0.2, 0.25) is 0 Å². The zero-order valence-corrected chi connectivity index (χ0v) is 10.3. The third-order valence-corrected chi connectivity index (χ3v) is 2.36. The molecular weight excluding hydrogens is 214 g/mol. The molecule has 1 amide bonds. The number of aromatic nitrogens is 2. The van der Waals surface area contributed by atoms with Crippen LogP contribution in [0.15, 0.2) is 6.07 Å². The van der Waals surface area contributed by atoms with Crippen LogP contribution in [0.5, 0.6) is 0 Å². The smallest absolute Gasteiger partial charge is 0.253 e. The third kappa shape index (κ3) is 3.87. The molecule has 1 N–H and O–H groups in total. The van der Waals surface area contributed by atoms with Crippen molar-refractivity contribution >= 4 is 5.91 Å². The highest BCUT2D eigenvalue weighted by Gasteiger charge is 2.11. The maximum atomic E-state index is 11.9. The van der Waals surface area contributed by atoms with E-state index in [9.17, 15) is 4.79 Å². The lowest BCUT2D eigenvalue weighted by molar-refractivity contribution is 0.0951. The van der Waals surface area contributed by atoms with Crippen molar-refractivity contribution in [3.63, 3.8) is 0 Å². The van der Waals surface area contributed by atoms with Gasteiger partial charge in [0.15, 0.2) is 0 Å². The predicted molar refractivity (Wildman–Crippen MR) is 66.5 cm³/mol. The van der Waals surface area contributed by atoms with Gasteiger partial charge in [-0.2, -0.15) is 10.2 Å². The topological polar surface area (TPSA) is 54.9 Å². The van der Waals surface area contributed by atoms with Gasteiger partial charge < -0.3 is 5.32 Å². The fourth-order valence-electron chi connectivity index (χ4n) is 1.46. The molecule has 4 heteroatoms. The van der Waals surface area contributed by atoms with Crippen molar-refractivity contribution in [2.45, 2.75) is 33.1 Å². The maximum absolute atomic E-state index is 11.9. The summed E-state index contributed by atoms with van der Waals surface area (Å²) in [4.78, 5) is 11.9. The van der Waals surface area contributed by atoms with Crippen LogP contribution in [0.25, 0.3) is 0 Å². The van der Waals surface area contributed by atoms with Crippen LogP contribution in [0.4, 0.5) is 0 Å². The Bertz CT molecular complexity index is 435. The molecule has 0 aromatic carbocycles. The fraction of sp³-hybridized carbons (Fsp3) is 0.462. The highest BCUT2D eigenvalue weighted by Crippen LogP contribution is 2.07. The van der Waals surface area contributed by atoms with Gasteiger partial charge >= 0.3 is 0 Å². The van der Waals surface area contributed by atoms with E-state index in [-0.39, 0.29) is 5.91 Å². The van der Waals surface area contributed by atoms with Crippen LogP contribution in [0, 0.1) is 19.3 Å². The second-order valence-electron chi connectivity index (χ2n) is 3.76. The van der Waals surface area contributed by atoms with E-state index in [0.29, 0.717) is 24.9 Å². The number of rotatable bonds is 5. The van der Waals surface area contributed by atoms with E-state index in [4.69, 9.17) is 6.42 Å². The first-order valence-electron chi connectivity index (χ1n) is 5.74. The first-order chi connectivity index (χ1) is 8.19. The standard InChI is InChI=1S/C13H17N3O/c1-4-6-7-8-14-13(17)11-9-10(3)15-16-12(11)5-2/h1,9H,5-8H2,2-3H3,(H,14,17). The Balaban J connectivity index is 2.68. The summed E-state index contributed by atoms with van der Waals surface area (Å²) in [5.74, 6) is 2.44. The zero-order chi connectivity index (χ0) is 12.7. The predicted octanol–water partition coefficient (Wildman–Crippen LogP) is 1.49. The van der Waals surface area contributed by atoms with Gasteiger partial charge in [-0.1, -0.05) is 6.92 Å². The maximum Gasteiger partial charge on any atom is 0.253 e. The average molecular weight is 231 g/mol. The summed E-state index contributed by atoms with van der Waals surface area (Å²) >= 11 is 0. The third-order valence-electron chi connectivity index (χ3n) is 2.36. The Labute approximate surface area is 102 Å². The summed E-state index contributed by atoms with van der Waals surface area (Å²) in [6.07, 6.45) is 7.30. The first-order valence-corrected chi connectivity index (χ1v) is 5.74. The molecule has 90 valence electrons. The lowest BCUT2D eigenvalue weighted by Crippen LogP contribution is -2.26. The monoisotopic (exact) mass is 231 g/mol. The SMILES string of the molecule is C#CCCCNC(=O)c1cc(C)nnc1CC. The number of amides is 1. The molecule has 0 radical (unpaired) electrons. The summed E-state index contributed by atoms with van der Waals surface area (Å²) < 4.78 is 0. The van der Waals surface area contributed by atoms with Gasteiger partial charge in [0, 0.05) is 13.0 Å². The highest BCUT2D eigenvalue weighted by molar-refractivity contribution is 5.95. The Kier molecular flexibility index (Phi) is 5.15. The summed E-state index contributed by atoms with van der Waals surface area (Å²) in [6.45, 7) is 4.36. The number of nitrogens with zero attached hydrogens (tertiary/aromatic N) is 2. The summed E-state index contributed by atoms with van der Waals surface area (Å²) in [5, 5.41) is 10.8. The minimum Gasteiger partial charge on any atom is -0.352 e. The number of hydrogen-bond acceptors (Lipinski definition) is 3. The lowest BCUT2D eigenvalue weighted by Gasteiger charge is -2.07. The second kappa shape index (κ2) is 6.64. The molecular formula is C13H17N3O. The van der Waals surface area contributed by atoms with E-state index < -0.39 is 0 Å². The molecule has 0 bridgehead atoms. The number of unbranched alkanes of at least 4 members (excludes halogenated alkanes) is 1. The van der Waals surface area contributed by atoms with Crippen LogP contribution >= 0.6 is 0 Å². The molecule has 0 saturated heterocycles. The number of nitrogens with one attached hydrogen (secondary N) is 1. The molecule has 1 aromatic heterocycles. The van der Waals surface area contributed by atoms with E-state index in [0.717, 1.165) is 17.8 Å². The van der Waals surface area contributed by atoms with Crippen molar-refractivity contribution in [2.24, 2.45) is 0 Å². The minimum absolute atomic E-state index is 0.100. The number of hydrogen-bond donors (Lipinski definition) is 1. The molecule has 0 atom stereocenters. The first kappa shape index (κ1) is 13.2. The van der Waals surface area contributed by atoms with Gasteiger partial charge in [0.25, 0.3) is 5.91 Å². The highest BCUT2D eigenvalue weighted by atomic mass is 16.1. The van der Waals surface area contributed by atoms with Gasteiger partial charge in [0.2, 0.25) is 0 Å². The average Bonchev–Trinajstić information content (AvgIpc) is 2.34. The lowest BCUT2D eigenvalue weighted by atomic mass is 10.1. The van der Waals surface area contributed by atoms with E-state index in [1.54, 1.807) is 6.07 Å². The van der Waals surface area contributed by atoms with Crippen molar-refractivity contribution in [3.05, 3.63) is 23.0 Å². The Morgan fingerprint density at radius 1 is 1.53 bits per heavy atom. The van der Waals surface area contributed by atoms with Crippen molar-refractivity contribution in [2.75, 3.05) is 6.54 Å². The van der Waals surface area contributed by atoms with Gasteiger partial charge in [-0.3, -0.25) is 4.79 Å². The Morgan fingerprint density at radius 3 is 2.94 bits per heavy atom. The van der Waals surface area contributed by atoms with E-state index in [2.05, 4.69) is 21.4 Å². The molecule has 0 aliphatic rings. The van der Waals surface area contributed by atoms with Crippen LogP contribution in [0.1, 0.15) is 41.5 Å². The van der Waals surface area contributed by atoms with Gasteiger partial charge in [0.1, 0.15) is 0 Å². The van der Waals surface area contributed by atoms with Crippen LogP contribution in [-0.2, 0) is 6.42 Å². The molecule has 1 heterocycles. The summed E-state index contributed by atoms with van der Waals surface area (Å²) in [6, 6.07) is 1.77. The largest absolute Gasteiger partial charge is 0.352 e. The Morgan fingerprint density at radius 2 is 2.29 bits per heavy atom. The number of aryl methyl sites for hydroxylation is 2. The van der Waals surface area contributed by atoms with Crippen molar-refractivity contribution < 1.29 is 4.79 Å². The molecule has 0 unspecified atom stereocenters. The molecule has 4 nitrogen and oxygen atoms in total. The summed E-state index contributed by atoms with van der Waals surface area (Å²) in [7, 11) is 0. The normalized spacial score (nSPS) is 9.71. The molecule has 1 aromatic rings. The molecule has 17 heavy (non-hydrogen) atoms. The quantitative estimate of drug-likeness (QED) is 0.617. The van der Waals surface area contributed by atoms with Gasteiger partial charge in [-0.15, -0.1) is 12.3 Å². The van der Waals surface area contributed by atoms with E-state index >= 15 is 0 Å². The zero-order valence-electron chi connectivity index (χ0n) is 10.3.